The standard InChI is InChI=1S/C23H16BrFN2/c24-20-12-16-22(17-13-20)27-26-21(14-10-18-6-2-1-3-7-18)15-11-19-8-4-5-9-23(19)25/h1-9,11-13,15-17,27H. The second-order valence-electron chi connectivity index (χ2n) is 5.59. The van der Waals surface area contributed by atoms with Gasteiger partial charge in [0.2, 0.25) is 0 Å². The highest BCUT2D eigenvalue weighted by molar-refractivity contribution is 9.10. The number of benzene rings is 3. The van der Waals surface area contributed by atoms with E-state index in [2.05, 4.69) is 38.3 Å². The Labute approximate surface area is 166 Å². The number of rotatable bonds is 4. The number of anilines is 1. The van der Waals surface area contributed by atoms with Crippen molar-refractivity contribution in [1.82, 2.24) is 0 Å². The minimum atomic E-state index is -0.287. The van der Waals surface area contributed by atoms with E-state index in [4.69, 9.17) is 0 Å². The van der Waals surface area contributed by atoms with E-state index < -0.39 is 0 Å². The third-order valence-electron chi connectivity index (χ3n) is 3.58. The van der Waals surface area contributed by atoms with Crippen molar-refractivity contribution in [2.75, 3.05) is 5.43 Å². The van der Waals surface area contributed by atoms with Crippen molar-refractivity contribution in [3.63, 3.8) is 0 Å². The monoisotopic (exact) mass is 418 g/mol. The first kappa shape index (κ1) is 18.6. The fourth-order valence-electron chi connectivity index (χ4n) is 2.19. The summed E-state index contributed by atoms with van der Waals surface area (Å²) in [6.07, 6.45) is 3.36. The van der Waals surface area contributed by atoms with Gasteiger partial charge in [-0.05, 0) is 60.5 Å². The van der Waals surface area contributed by atoms with Gasteiger partial charge in [-0.15, -0.1) is 0 Å². The van der Waals surface area contributed by atoms with Gasteiger partial charge >= 0.3 is 0 Å². The van der Waals surface area contributed by atoms with Crippen LogP contribution < -0.4 is 5.43 Å². The molecule has 27 heavy (non-hydrogen) atoms. The van der Waals surface area contributed by atoms with Crippen molar-refractivity contribution in [3.8, 4) is 11.8 Å². The summed E-state index contributed by atoms with van der Waals surface area (Å²) >= 11 is 3.40. The predicted molar refractivity (Wildman–Crippen MR) is 114 cm³/mol. The van der Waals surface area contributed by atoms with Crippen molar-refractivity contribution >= 4 is 33.4 Å². The lowest BCUT2D eigenvalue weighted by Crippen LogP contribution is -1.97. The van der Waals surface area contributed by atoms with Crippen LogP contribution in [0, 0.1) is 17.7 Å². The number of hydrogen-bond donors (Lipinski definition) is 1. The van der Waals surface area contributed by atoms with Crippen LogP contribution in [0.2, 0.25) is 0 Å². The highest BCUT2D eigenvalue weighted by Crippen LogP contribution is 2.14. The van der Waals surface area contributed by atoms with Gasteiger partial charge in [0, 0.05) is 15.6 Å². The van der Waals surface area contributed by atoms with Crippen molar-refractivity contribution in [2.24, 2.45) is 5.10 Å². The Hall–Kier alpha value is -3.16. The molecule has 3 aromatic rings. The Bertz CT molecular complexity index is 1010. The zero-order chi connectivity index (χ0) is 18.9. The molecule has 0 bridgehead atoms. The lowest BCUT2D eigenvalue weighted by molar-refractivity contribution is 0.625. The average Bonchev–Trinajstić information content (AvgIpc) is 2.70. The van der Waals surface area contributed by atoms with E-state index in [1.807, 2.05) is 54.6 Å². The molecule has 0 fully saturated rings. The van der Waals surface area contributed by atoms with Crippen molar-refractivity contribution in [2.45, 2.75) is 0 Å². The maximum absolute atomic E-state index is 13.8. The molecule has 3 aromatic carbocycles. The molecule has 0 spiro atoms. The Morgan fingerprint density at radius 3 is 2.37 bits per heavy atom. The second kappa shape index (κ2) is 9.51. The molecule has 0 aromatic heterocycles. The van der Waals surface area contributed by atoms with Gasteiger partial charge in [0.05, 0.1) is 5.69 Å². The van der Waals surface area contributed by atoms with Crippen LogP contribution in [0.1, 0.15) is 11.1 Å². The van der Waals surface area contributed by atoms with E-state index >= 15 is 0 Å². The molecule has 0 radical (unpaired) electrons. The van der Waals surface area contributed by atoms with Gasteiger partial charge < -0.3 is 0 Å². The van der Waals surface area contributed by atoms with Crippen LogP contribution in [0.5, 0.6) is 0 Å². The minimum Gasteiger partial charge on any atom is -0.277 e. The molecule has 4 heteroatoms. The third kappa shape index (κ3) is 5.95. The van der Waals surface area contributed by atoms with E-state index in [0.717, 1.165) is 15.7 Å². The van der Waals surface area contributed by atoms with Crippen LogP contribution in [-0.4, -0.2) is 5.71 Å². The maximum Gasteiger partial charge on any atom is 0.133 e. The van der Waals surface area contributed by atoms with Crippen LogP contribution >= 0.6 is 15.9 Å². The van der Waals surface area contributed by atoms with E-state index in [9.17, 15) is 4.39 Å². The van der Waals surface area contributed by atoms with Gasteiger partial charge in [-0.3, -0.25) is 5.43 Å². The highest BCUT2D eigenvalue weighted by Gasteiger charge is 1.97. The molecule has 132 valence electrons. The van der Waals surface area contributed by atoms with E-state index in [0.29, 0.717) is 11.3 Å². The normalized spacial score (nSPS) is 11.1. The molecule has 0 heterocycles. The summed E-state index contributed by atoms with van der Waals surface area (Å²) in [7, 11) is 0. The molecule has 0 aliphatic heterocycles. The Balaban J connectivity index is 1.86. The molecule has 0 unspecified atom stereocenters. The number of nitrogens with zero attached hydrogens (tertiary/aromatic N) is 1. The Morgan fingerprint density at radius 2 is 1.63 bits per heavy atom. The molecule has 0 saturated carbocycles. The van der Waals surface area contributed by atoms with Gasteiger partial charge in [0.15, 0.2) is 0 Å². The highest BCUT2D eigenvalue weighted by atomic mass is 79.9. The number of nitrogens with one attached hydrogen (secondary N) is 1. The molecular formula is C23H16BrFN2. The van der Waals surface area contributed by atoms with Crippen LogP contribution in [0.25, 0.3) is 6.08 Å². The lowest BCUT2D eigenvalue weighted by Gasteiger charge is -2.01. The first-order valence-corrected chi connectivity index (χ1v) is 9.09. The summed E-state index contributed by atoms with van der Waals surface area (Å²) in [5, 5.41) is 4.35. The summed E-state index contributed by atoms with van der Waals surface area (Å²) in [5.41, 5.74) is 5.66. The average molecular weight is 419 g/mol. The number of hydrazone groups is 1. The smallest absolute Gasteiger partial charge is 0.133 e. The molecule has 2 nitrogen and oxygen atoms in total. The van der Waals surface area contributed by atoms with Crippen LogP contribution in [0.4, 0.5) is 10.1 Å². The summed E-state index contributed by atoms with van der Waals surface area (Å²) in [6, 6.07) is 23.8. The number of allylic oxidation sites excluding steroid dienone is 1. The van der Waals surface area contributed by atoms with E-state index in [1.54, 1.807) is 30.4 Å². The van der Waals surface area contributed by atoms with E-state index in [1.165, 1.54) is 6.07 Å². The van der Waals surface area contributed by atoms with Crippen LogP contribution in [0.3, 0.4) is 0 Å². The quantitative estimate of drug-likeness (QED) is 0.308. The van der Waals surface area contributed by atoms with Crippen molar-refractivity contribution in [3.05, 3.63) is 106 Å². The van der Waals surface area contributed by atoms with Crippen LogP contribution in [-0.2, 0) is 0 Å². The van der Waals surface area contributed by atoms with Crippen molar-refractivity contribution < 1.29 is 4.39 Å². The summed E-state index contributed by atoms with van der Waals surface area (Å²) in [6.45, 7) is 0. The topological polar surface area (TPSA) is 24.4 Å². The zero-order valence-corrected chi connectivity index (χ0v) is 15.9. The molecule has 0 aliphatic rings. The fraction of sp³-hybridized carbons (Fsp3) is 0. The van der Waals surface area contributed by atoms with Gasteiger partial charge in [-0.2, -0.15) is 5.10 Å². The number of halogens is 2. The van der Waals surface area contributed by atoms with Crippen molar-refractivity contribution in [1.29, 1.82) is 0 Å². The molecular weight excluding hydrogens is 403 g/mol. The minimum absolute atomic E-state index is 0.287. The van der Waals surface area contributed by atoms with Gasteiger partial charge in [-0.25, -0.2) is 4.39 Å². The summed E-state index contributed by atoms with van der Waals surface area (Å²) in [5.74, 6) is 5.81. The van der Waals surface area contributed by atoms with Gasteiger partial charge in [0.1, 0.15) is 11.5 Å². The molecule has 0 atom stereocenters. The maximum atomic E-state index is 13.8. The first-order chi connectivity index (χ1) is 13.2. The van der Waals surface area contributed by atoms with E-state index in [-0.39, 0.29) is 5.82 Å². The molecule has 3 rings (SSSR count). The molecule has 0 amide bonds. The zero-order valence-electron chi connectivity index (χ0n) is 14.4. The summed E-state index contributed by atoms with van der Waals surface area (Å²) in [4.78, 5) is 0. The van der Waals surface area contributed by atoms with Gasteiger partial charge in [0.25, 0.3) is 0 Å². The second-order valence-corrected chi connectivity index (χ2v) is 6.50. The third-order valence-corrected chi connectivity index (χ3v) is 4.11. The Morgan fingerprint density at radius 1 is 0.926 bits per heavy atom. The Kier molecular flexibility index (Phi) is 6.56. The predicted octanol–water partition coefficient (Wildman–Crippen LogP) is 6.12. The molecule has 0 aliphatic carbocycles. The molecule has 1 N–H and O–H groups in total. The largest absolute Gasteiger partial charge is 0.277 e. The summed E-state index contributed by atoms with van der Waals surface area (Å²) < 4.78 is 14.8. The fourth-order valence-corrected chi connectivity index (χ4v) is 2.46. The lowest BCUT2D eigenvalue weighted by atomic mass is 10.1. The molecule has 0 saturated heterocycles. The van der Waals surface area contributed by atoms with Gasteiger partial charge in [-0.1, -0.05) is 58.2 Å². The SMILES string of the molecule is Fc1ccccc1C=CC(C#Cc1ccccc1)=NNc1ccc(Br)cc1. The first-order valence-electron chi connectivity index (χ1n) is 8.30. The number of hydrogen-bond acceptors (Lipinski definition) is 2. The van der Waals surface area contributed by atoms with Crippen LogP contribution in [0.15, 0.2) is 94.5 Å².